The van der Waals surface area contributed by atoms with Crippen LogP contribution in [0, 0.1) is 0 Å². The number of carboxylic acid groups (broad SMARTS) is 1. The maximum atomic E-state index is 8.78. The van der Waals surface area contributed by atoms with Gasteiger partial charge < -0.3 is 22.3 Å². The Bertz CT molecular complexity index is 73.3. The molecule has 0 rings (SSSR count). The minimum Gasteiger partial charge on any atom is -0.465 e. The molecule has 1 amide bonds. The molecule has 0 atom stereocenters. The first-order valence-electron chi connectivity index (χ1n) is 1.50. The van der Waals surface area contributed by atoms with Crippen LogP contribution in [0.4, 0.5) is 4.79 Å². The summed E-state index contributed by atoms with van der Waals surface area (Å²) in [6, 6.07) is 0. The van der Waals surface area contributed by atoms with Crippen LogP contribution in [-0.4, -0.2) is 16.3 Å². The summed E-state index contributed by atoms with van der Waals surface area (Å²) in [6.45, 7) is 0. The van der Waals surface area contributed by atoms with Crippen molar-refractivity contribution in [3.63, 3.8) is 0 Å². The molecule has 0 saturated carbocycles. The summed E-state index contributed by atoms with van der Waals surface area (Å²) < 4.78 is 0. The minimum absolute atomic E-state index is 0.000000000000000222. The third-order valence-electron chi connectivity index (χ3n) is 0. The molecule has 0 saturated heterocycles. The largest absolute Gasteiger partial charge is 0.465 e. The van der Waals surface area contributed by atoms with E-state index in [0.717, 1.165) is 0 Å². The summed E-state index contributed by atoms with van der Waals surface area (Å²) >= 11 is 4.09. The predicted octanol–water partition coefficient (Wildman–Crippen LogP) is -1.19. The van der Waals surface area contributed by atoms with Gasteiger partial charge in [0.2, 0.25) is 0 Å². The molecule has 6 heteroatoms. The standard InChI is InChI=1S/CH4N2S.CH3NO2/c2*2-1(3)4/h(H4,2,3,4);2H2,(H,3,4). The van der Waals surface area contributed by atoms with Crippen molar-refractivity contribution in [2.24, 2.45) is 17.2 Å². The van der Waals surface area contributed by atoms with Crippen molar-refractivity contribution in [3.05, 3.63) is 0 Å². The van der Waals surface area contributed by atoms with Gasteiger partial charge in [0.05, 0.1) is 0 Å². The average molecular weight is 137 g/mol. The normalized spacial score (nSPS) is 6.00. The van der Waals surface area contributed by atoms with Gasteiger partial charge in [-0.1, -0.05) is 0 Å². The van der Waals surface area contributed by atoms with Crippen LogP contribution in [0.2, 0.25) is 0 Å². The Labute approximate surface area is 51.4 Å². The van der Waals surface area contributed by atoms with Crippen LogP contribution in [0.25, 0.3) is 0 Å². The molecule has 0 unspecified atom stereocenters. The van der Waals surface area contributed by atoms with E-state index in [-0.39, 0.29) is 5.11 Å². The molecule has 5 nitrogen and oxygen atoms in total. The summed E-state index contributed by atoms with van der Waals surface area (Å²) in [6.07, 6.45) is -1.33. The molecule has 7 N–H and O–H groups in total. The number of thiocarbonyl (C=S) groups is 1. The van der Waals surface area contributed by atoms with E-state index < -0.39 is 6.09 Å². The van der Waals surface area contributed by atoms with Crippen LogP contribution in [0.1, 0.15) is 0 Å². The van der Waals surface area contributed by atoms with Gasteiger partial charge in [-0.15, -0.1) is 0 Å². The van der Waals surface area contributed by atoms with E-state index >= 15 is 0 Å². The number of hydrogen-bond acceptors (Lipinski definition) is 2. The Morgan fingerprint density at radius 3 is 1.38 bits per heavy atom. The zero-order valence-corrected chi connectivity index (χ0v) is 4.81. The van der Waals surface area contributed by atoms with Gasteiger partial charge in [-0.25, -0.2) is 4.79 Å². The SMILES string of the molecule is NC(=O)O.NC(N)=S. The average Bonchev–Trinajstić information content (AvgIpc) is 1.25. The molecule has 0 aromatic rings. The predicted molar refractivity (Wildman–Crippen MR) is 33.2 cm³/mol. The van der Waals surface area contributed by atoms with Gasteiger partial charge in [-0.2, -0.15) is 0 Å². The molecule has 0 aromatic heterocycles. The second-order valence-corrected chi connectivity index (χ2v) is 1.21. The Kier molecular flexibility index (Phi) is 7.49. The summed E-state index contributed by atoms with van der Waals surface area (Å²) in [5.74, 6) is 0. The number of hydrogen-bond donors (Lipinski definition) is 4. The van der Waals surface area contributed by atoms with Crippen LogP contribution in [0.5, 0.6) is 0 Å². The first kappa shape index (κ1) is 10.0. The Morgan fingerprint density at radius 2 is 1.38 bits per heavy atom. The highest BCUT2D eigenvalue weighted by atomic mass is 32.1. The molecule has 8 heavy (non-hydrogen) atoms. The fraction of sp³-hybridized carbons (Fsp3) is 0. The van der Waals surface area contributed by atoms with E-state index in [1.54, 1.807) is 0 Å². The van der Waals surface area contributed by atoms with Crippen molar-refractivity contribution >= 4 is 23.4 Å². The zero-order valence-electron chi connectivity index (χ0n) is 4.00. The number of primary amides is 1. The number of carbonyl (C=O) groups is 1. The smallest absolute Gasteiger partial charge is 0.402 e. The van der Waals surface area contributed by atoms with Crippen molar-refractivity contribution in [1.29, 1.82) is 0 Å². The summed E-state index contributed by atoms with van der Waals surface area (Å²) in [5.41, 5.74) is 13.3. The Balaban J connectivity index is 0. The summed E-state index contributed by atoms with van der Waals surface area (Å²) in [4.78, 5) is 8.78. The molecular formula is C2H7N3O2S. The summed E-state index contributed by atoms with van der Waals surface area (Å²) in [7, 11) is 0. The van der Waals surface area contributed by atoms with E-state index in [9.17, 15) is 0 Å². The van der Waals surface area contributed by atoms with Crippen LogP contribution in [0.15, 0.2) is 0 Å². The second-order valence-electron chi connectivity index (χ2n) is 0.741. The quantitative estimate of drug-likeness (QED) is 0.313. The Hall–Kier alpha value is -1.04. The highest BCUT2D eigenvalue weighted by molar-refractivity contribution is 7.80. The second kappa shape index (κ2) is 5.96. The molecule has 0 aliphatic carbocycles. The molecule has 0 heterocycles. The van der Waals surface area contributed by atoms with Crippen LogP contribution >= 0.6 is 12.2 Å². The molecule has 0 aliphatic rings. The van der Waals surface area contributed by atoms with Crippen molar-refractivity contribution in [2.75, 3.05) is 0 Å². The maximum Gasteiger partial charge on any atom is 0.402 e. The van der Waals surface area contributed by atoms with Crippen LogP contribution < -0.4 is 17.2 Å². The van der Waals surface area contributed by atoms with Gasteiger partial charge in [-0.3, -0.25) is 0 Å². The van der Waals surface area contributed by atoms with E-state index in [1.807, 2.05) is 0 Å². The van der Waals surface area contributed by atoms with Gasteiger partial charge in [0, 0.05) is 0 Å². The number of nitrogens with two attached hydrogens (primary N) is 3. The lowest BCUT2D eigenvalue weighted by atomic mass is 11.3. The lowest BCUT2D eigenvalue weighted by Gasteiger charge is -1.68. The number of rotatable bonds is 0. The monoisotopic (exact) mass is 137 g/mol. The highest BCUT2D eigenvalue weighted by Crippen LogP contribution is 1.34. The molecule has 0 fully saturated rings. The molecular weight excluding hydrogens is 130 g/mol. The molecule has 0 spiro atoms. The first-order chi connectivity index (χ1) is 3.46. The lowest BCUT2D eigenvalue weighted by molar-refractivity contribution is 0.205. The van der Waals surface area contributed by atoms with E-state index in [4.69, 9.17) is 9.90 Å². The molecule has 0 aliphatic heterocycles. The molecule has 48 valence electrons. The van der Waals surface area contributed by atoms with Gasteiger partial charge in [0.1, 0.15) is 0 Å². The van der Waals surface area contributed by atoms with Gasteiger partial charge in [0.25, 0.3) is 0 Å². The lowest BCUT2D eigenvalue weighted by Crippen LogP contribution is -2.18. The van der Waals surface area contributed by atoms with E-state index in [1.165, 1.54) is 0 Å². The van der Waals surface area contributed by atoms with Crippen LogP contribution in [0.3, 0.4) is 0 Å². The van der Waals surface area contributed by atoms with Crippen molar-refractivity contribution in [3.8, 4) is 0 Å². The molecule has 0 aromatic carbocycles. The zero-order chi connectivity index (χ0) is 7.15. The highest BCUT2D eigenvalue weighted by Gasteiger charge is 1.65. The Morgan fingerprint density at radius 1 is 1.38 bits per heavy atom. The van der Waals surface area contributed by atoms with Crippen molar-refractivity contribution in [1.82, 2.24) is 0 Å². The third-order valence-corrected chi connectivity index (χ3v) is 0. The molecule has 0 radical (unpaired) electrons. The van der Waals surface area contributed by atoms with Crippen LogP contribution in [-0.2, 0) is 0 Å². The van der Waals surface area contributed by atoms with E-state index in [2.05, 4.69) is 29.4 Å². The fourth-order valence-electron chi connectivity index (χ4n) is 0. The maximum absolute atomic E-state index is 8.78. The molecule has 0 bridgehead atoms. The minimum atomic E-state index is -1.33. The topological polar surface area (TPSA) is 115 Å². The third kappa shape index (κ3) is 71.9. The number of amides is 1. The van der Waals surface area contributed by atoms with E-state index in [0.29, 0.717) is 0 Å². The summed E-state index contributed by atoms with van der Waals surface area (Å²) in [5, 5.41) is 7.19. The van der Waals surface area contributed by atoms with Gasteiger partial charge in [-0.05, 0) is 12.2 Å². The fourth-order valence-corrected chi connectivity index (χ4v) is 0. The van der Waals surface area contributed by atoms with Crippen molar-refractivity contribution < 1.29 is 9.90 Å². The van der Waals surface area contributed by atoms with Crippen molar-refractivity contribution in [2.45, 2.75) is 0 Å². The first-order valence-corrected chi connectivity index (χ1v) is 1.91. The van der Waals surface area contributed by atoms with Gasteiger partial charge >= 0.3 is 6.09 Å². The van der Waals surface area contributed by atoms with Gasteiger partial charge in [0.15, 0.2) is 5.11 Å².